The number of carboxylic acid groups (broad SMARTS) is 2. The third-order valence-corrected chi connectivity index (χ3v) is 1.37. The minimum absolute atomic E-state index is 0. The van der Waals surface area contributed by atoms with E-state index in [9.17, 15) is 14.7 Å². The van der Waals surface area contributed by atoms with Crippen molar-refractivity contribution in [2.45, 2.75) is 7.43 Å². The SMILES string of the molecule is C.O=C([O-])c1ccc(C(=O)O)cc1.[Zn]. The van der Waals surface area contributed by atoms with E-state index in [1.54, 1.807) is 0 Å². The molecule has 1 aromatic rings. The summed E-state index contributed by atoms with van der Waals surface area (Å²) < 4.78 is 0. The molecule has 0 radical (unpaired) electrons. The summed E-state index contributed by atoms with van der Waals surface area (Å²) in [6.07, 6.45) is 0. The van der Waals surface area contributed by atoms with Crippen LogP contribution in [0.1, 0.15) is 28.1 Å². The summed E-state index contributed by atoms with van der Waals surface area (Å²) in [4.78, 5) is 20.5. The molecule has 0 amide bonds. The van der Waals surface area contributed by atoms with Crippen molar-refractivity contribution < 1.29 is 39.3 Å². The Balaban J connectivity index is 0. The van der Waals surface area contributed by atoms with E-state index >= 15 is 0 Å². The maximum atomic E-state index is 10.3. The predicted molar refractivity (Wildman–Crippen MR) is 44.5 cm³/mol. The molecule has 0 bridgehead atoms. The van der Waals surface area contributed by atoms with Crippen LogP contribution in [0.2, 0.25) is 0 Å². The minimum Gasteiger partial charge on any atom is -0.545 e. The van der Waals surface area contributed by atoms with Gasteiger partial charge in [0.2, 0.25) is 0 Å². The second kappa shape index (κ2) is 6.27. The third-order valence-electron chi connectivity index (χ3n) is 1.37. The Morgan fingerprint density at radius 3 is 1.71 bits per heavy atom. The van der Waals surface area contributed by atoms with Gasteiger partial charge in [-0.3, -0.25) is 0 Å². The Labute approximate surface area is 94.3 Å². The molecular formula is C9H9O4Zn-. The predicted octanol–water partition coefficient (Wildman–Crippen LogP) is 0.382. The fraction of sp³-hybridized carbons (Fsp3) is 0.111. The van der Waals surface area contributed by atoms with E-state index in [1.807, 2.05) is 0 Å². The number of hydrogen-bond acceptors (Lipinski definition) is 3. The van der Waals surface area contributed by atoms with E-state index in [0.717, 1.165) is 0 Å². The molecule has 0 aliphatic carbocycles. The standard InChI is InChI=1S/C8H6O4.CH4.Zn/c9-7(10)5-1-2-6(4-3-5)8(11)12;;/h1-4H,(H,9,10)(H,11,12);1H4;/p-1. The zero-order valence-electron chi connectivity index (χ0n) is 6.69. The van der Waals surface area contributed by atoms with Crippen LogP contribution in [0.15, 0.2) is 24.3 Å². The number of benzene rings is 1. The second-order valence-electron chi connectivity index (χ2n) is 2.17. The van der Waals surface area contributed by atoms with Crippen LogP contribution < -0.4 is 5.11 Å². The average molecular weight is 247 g/mol. The first-order valence-corrected chi connectivity index (χ1v) is 3.16. The molecule has 72 valence electrons. The Hall–Kier alpha value is -1.22. The van der Waals surface area contributed by atoms with Crippen molar-refractivity contribution in [2.24, 2.45) is 0 Å². The topological polar surface area (TPSA) is 77.4 Å². The van der Waals surface area contributed by atoms with Crippen molar-refractivity contribution >= 4 is 11.9 Å². The van der Waals surface area contributed by atoms with Crippen LogP contribution in [0.3, 0.4) is 0 Å². The smallest absolute Gasteiger partial charge is 0.335 e. The molecule has 4 nitrogen and oxygen atoms in total. The summed E-state index contributed by atoms with van der Waals surface area (Å²) in [5.41, 5.74) is 0.0278. The Morgan fingerprint density at radius 1 is 1.07 bits per heavy atom. The zero-order valence-corrected chi connectivity index (χ0v) is 9.66. The van der Waals surface area contributed by atoms with Gasteiger partial charge in [0.15, 0.2) is 0 Å². The summed E-state index contributed by atoms with van der Waals surface area (Å²) in [7, 11) is 0. The molecule has 5 heteroatoms. The van der Waals surface area contributed by atoms with Gasteiger partial charge < -0.3 is 15.0 Å². The summed E-state index contributed by atoms with van der Waals surface area (Å²) in [6.45, 7) is 0. The van der Waals surface area contributed by atoms with Gasteiger partial charge >= 0.3 is 5.97 Å². The normalized spacial score (nSPS) is 8.00. The molecule has 0 spiro atoms. The van der Waals surface area contributed by atoms with Crippen LogP contribution >= 0.6 is 0 Å². The molecule has 0 saturated heterocycles. The van der Waals surface area contributed by atoms with Gasteiger partial charge in [0.1, 0.15) is 0 Å². The van der Waals surface area contributed by atoms with Crippen molar-refractivity contribution in [3.05, 3.63) is 35.4 Å². The zero-order chi connectivity index (χ0) is 9.14. The van der Waals surface area contributed by atoms with Crippen molar-refractivity contribution in [2.75, 3.05) is 0 Å². The van der Waals surface area contributed by atoms with Gasteiger partial charge in [-0.05, 0) is 17.7 Å². The number of rotatable bonds is 2. The molecule has 1 aromatic carbocycles. The van der Waals surface area contributed by atoms with Gasteiger partial charge in [0.05, 0.1) is 11.5 Å². The minimum atomic E-state index is -1.31. The van der Waals surface area contributed by atoms with E-state index in [2.05, 4.69) is 0 Å². The van der Waals surface area contributed by atoms with Gasteiger partial charge in [-0.2, -0.15) is 0 Å². The van der Waals surface area contributed by atoms with E-state index < -0.39 is 11.9 Å². The third kappa shape index (κ3) is 3.66. The van der Waals surface area contributed by atoms with Crippen molar-refractivity contribution in [1.29, 1.82) is 0 Å². The van der Waals surface area contributed by atoms with Crippen LogP contribution in [-0.2, 0) is 19.5 Å². The fourth-order valence-corrected chi connectivity index (χ4v) is 0.749. The van der Waals surface area contributed by atoms with Crippen LogP contribution in [0.25, 0.3) is 0 Å². The maximum Gasteiger partial charge on any atom is 0.335 e. The molecule has 0 fully saturated rings. The van der Waals surface area contributed by atoms with Gasteiger partial charge in [0.25, 0.3) is 0 Å². The van der Waals surface area contributed by atoms with Gasteiger partial charge in [-0.15, -0.1) is 0 Å². The first-order valence-electron chi connectivity index (χ1n) is 3.16. The molecular weight excluding hydrogens is 237 g/mol. The van der Waals surface area contributed by atoms with E-state index in [1.165, 1.54) is 24.3 Å². The molecule has 0 atom stereocenters. The van der Waals surface area contributed by atoms with E-state index in [0.29, 0.717) is 0 Å². The van der Waals surface area contributed by atoms with Gasteiger partial charge in [-0.25, -0.2) is 4.79 Å². The molecule has 0 aromatic heterocycles. The largest absolute Gasteiger partial charge is 0.545 e. The van der Waals surface area contributed by atoms with Gasteiger partial charge in [0, 0.05) is 19.5 Å². The van der Waals surface area contributed by atoms with Crippen LogP contribution in [0, 0.1) is 0 Å². The van der Waals surface area contributed by atoms with Gasteiger partial charge in [-0.1, -0.05) is 19.6 Å². The molecule has 1 N–H and O–H groups in total. The van der Waals surface area contributed by atoms with Crippen molar-refractivity contribution in [1.82, 2.24) is 0 Å². The number of aromatic carboxylic acids is 2. The van der Waals surface area contributed by atoms with E-state index in [-0.39, 0.29) is 38.0 Å². The summed E-state index contributed by atoms with van der Waals surface area (Å²) in [6, 6.07) is 4.82. The molecule has 14 heavy (non-hydrogen) atoms. The van der Waals surface area contributed by atoms with Crippen molar-refractivity contribution in [3.8, 4) is 0 Å². The summed E-state index contributed by atoms with van der Waals surface area (Å²) >= 11 is 0. The Morgan fingerprint density at radius 2 is 1.43 bits per heavy atom. The summed E-state index contributed by atoms with van der Waals surface area (Å²) in [5.74, 6) is -2.40. The van der Waals surface area contributed by atoms with Crippen LogP contribution in [-0.4, -0.2) is 17.0 Å². The first-order chi connectivity index (χ1) is 5.61. The Bertz CT molecular complexity index is 285. The molecule has 1 rings (SSSR count). The second-order valence-corrected chi connectivity index (χ2v) is 2.17. The quantitative estimate of drug-likeness (QED) is 0.766. The average Bonchev–Trinajstić information content (AvgIpc) is 2.04. The summed E-state index contributed by atoms with van der Waals surface area (Å²) in [5, 5.41) is 18.7. The fourth-order valence-electron chi connectivity index (χ4n) is 0.749. The molecule has 0 aliphatic heterocycles. The van der Waals surface area contributed by atoms with E-state index in [4.69, 9.17) is 5.11 Å². The number of carboxylic acids is 2. The molecule has 0 aliphatic rings. The number of carbonyl (C=O) groups is 2. The number of carbonyl (C=O) groups excluding carboxylic acids is 1. The number of hydrogen-bond donors (Lipinski definition) is 1. The van der Waals surface area contributed by atoms with Crippen LogP contribution in [0.4, 0.5) is 0 Å². The Kier molecular flexibility index (Phi) is 6.84. The molecule has 0 saturated carbocycles. The van der Waals surface area contributed by atoms with Crippen LogP contribution in [0.5, 0.6) is 0 Å². The maximum absolute atomic E-state index is 10.3. The molecule has 0 heterocycles. The monoisotopic (exact) mass is 245 g/mol. The first kappa shape index (κ1) is 15.3. The van der Waals surface area contributed by atoms with Crippen molar-refractivity contribution in [3.63, 3.8) is 0 Å². The molecule has 0 unspecified atom stereocenters.